The van der Waals surface area contributed by atoms with Gasteiger partial charge >= 0.3 is 0 Å². The van der Waals surface area contributed by atoms with Gasteiger partial charge in [-0.25, -0.2) is 15.0 Å². The summed E-state index contributed by atoms with van der Waals surface area (Å²) in [7, 11) is 0. The Balaban J connectivity index is 1.32. The van der Waals surface area contributed by atoms with Crippen LogP contribution in [0.5, 0.6) is 0 Å². The number of para-hydroxylation sites is 2. The highest BCUT2D eigenvalue weighted by molar-refractivity contribution is 7.13. The van der Waals surface area contributed by atoms with Crippen LogP contribution in [0, 0.1) is 0 Å². The molecular weight excluding hydrogens is 348 g/mol. The minimum absolute atomic E-state index is 0.0971. The molecule has 0 radical (unpaired) electrons. The van der Waals surface area contributed by atoms with E-state index in [2.05, 4.69) is 30.6 Å². The van der Waals surface area contributed by atoms with Crippen molar-refractivity contribution < 1.29 is 4.79 Å². The number of fused-ring (bicyclic) bond motifs is 1. The lowest BCUT2D eigenvalue weighted by molar-refractivity contribution is -0.120. The van der Waals surface area contributed by atoms with Crippen LogP contribution in [-0.2, 0) is 17.8 Å². The molecular formula is C18H16N6OS. The maximum Gasteiger partial charge on any atom is 0.226 e. The number of H-pyrrole nitrogens is 1. The molecule has 0 saturated carbocycles. The molecule has 3 aromatic heterocycles. The molecule has 8 heteroatoms. The van der Waals surface area contributed by atoms with Gasteiger partial charge in [0, 0.05) is 11.6 Å². The van der Waals surface area contributed by atoms with E-state index < -0.39 is 0 Å². The summed E-state index contributed by atoms with van der Waals surface area (Å²) < 4.78 is 0. The molecule has 0 aliphatic carbocycles. The molecule has 3 N–H and O–H groups in total. The lowest BCUT2D eigenvalue weighted by atomic mass is 10.3. The number of anilines is 2. The van der Waals surface area contributed by atoms with Crippen molar-refractivity contribution in [3.05, 3.63) is 65.6 Å². The molecule has 7 nitrogen and oxygen atoms in total. The van der Waals surface area contributed by atoms with Crippen LogP contribution in [0.25, 0.3) is 11.0 Å². The van der Waals surface area contributed by atoms with Crippen LogP contribution in [0.4, 0.5) is 10.9 Å². The van der Waals surface area contributed by atoms with Crippen molar-refractivity contribution in [3.8, 4) is 0 Å². The lowest BCUT2D eigenvalue weighted by Crippen LogP contribution is -2.25. The van der Waals surface area contributed by atoms with E-state index in [0.717, 1.165) is 28.4 Å². The summed E-state index contributed by atoms with van der Waals surface area (Å²) in [6.45, 7) is 0.358. The number of aromatic amines is 1. The number of thiazole rings is 1. The summed E-state index contributed by atoms with van der Waals surface area (Å²) in [6.07, 6.45) is 1.93. The van der Waals surface area contributed by atoms with Gasteiger partial charge in [0.05, 0.1) is 29.7 Å². The lowest BCUT2D eigenvalue weighted by Gasteiger charge is -2.02. The smallest absolute Gasteiger partial charge is 0.226 e. The minimum Gasteiger partial charge on any atom is -0.349 e. The Kier molecular flexibility index (Phi) is 4.57. The molecule has 26 heavy (non-hydrogen) atoms. The molecule has 130 valence electrons. The van der Waals surface area contributed by atoms with E-state index in [1.165, 1.54) is 11.3 Å². The zero-order valence-corrected chi connectivity index (χ0v) is 14.6. The molecule has 1 amide bonds. The fourth-order valence-electron chi connectivity index (χ4n) is 2.49. The highest BCUT2D eigenvalue weighted by Gasteiger charge is 2.09. The quantitative estimate of drug-likeness (QED) is 0.489. The van der Waals surface area contributed by atoms with Gasteiger partial charge in [0.2, 0.25) is 5.91 Å². The Labute approximate surface area is 153 Å². The first-order valence-corrected chi connectivity index (χ1v) is 8.97. The SMILES string of the molecule is O=C(Cc1csc(Nc2ccccn2)n1)NCc1nc2ccccc2[nH]1. The van der Waals surface area contributed by atoms with Crippen LogP contribution >= 0.6 is 11.3 Å². The van der Waals surface area contributed by atoms with Crippen LogP contribution in [0.1, 0.15) is 11.5 Å². The van der Waals surface area contributed by atoms with Crippen LogP contribution in [-0.4, -0.2) is 25.8 Å². The van der Waals surface area contributed by atoms with E-state index in [1.54, 1.807) is 6.20 Å². The summed E-state index contributed by atoms with van der Waals surface area (Å²) in [6, 6.07) is 13.4. The van der Waals surface area contributed by atoms with Gasteiger partial charge in [-0.05, 0) is 24.3 Å². The third-order valence-electron chi connectivity index (χ3n) is 3.68. The van der Waals surface area contributed by atoms with Gasteiger partial charge in [-0.3, -0.25) is 4.79 Å². The number of nitrogens with one attached hydrogen (secondary N) is 3. The van der Waals surface area contributed by atoms with E-state index >= 15 is 0 Å². The second kappa shape index (κ2) is 7.32. The highest BCUT2D eigenvalue weighted by Crippen LogP contribution is 2.19. The van der Waals surface area contributed by atoms with E-state index in [9.17, 15) is 4.79 Å². The average molecular weight is 364 g/mol. The molecule has 0 fully saturated rings. The van der Waals surface area contributed by atoms with Crippen molar-refractivity contribution in [2.24, 2.45) is 0 Å². The number of rotatable bonds is 6. The maximum atomic E-state index is 12.1. The first kappa shape index (κ1) is 16.2. The van der Waals surface area contributed by atoms with E-state index in [4.69, 9.17) is 0 Å². The third-order valence-corrected chi connectivity index (χ3v) is 4.49. The van der Waals surface area contributed by atoms with Gasteiger partial charge in [0.1, 0.15) is 11.6 Å². The number of aromatic nitrogens is 4. The van der Waals surface area contributed by atoms with Crippen LogP contribution < -0.4 is 10.6 Å². The Bertz CT molecular complexity index is 993. The Morgan fingerprint density at radius 2 is 2.00 bits per heavy atom. The van der Waals surface area contributed by atoms with E-state index in [0.29, 0.717) is 11.7 Å². The number of nitrogens with zero attached hydrogens (tertiary/aromatic N) is 3. The molecule has 1 aromatic carbocycles. The molecule has 0 aliphatic rings. The molecule has 0 saturated heterocycles. The Morgan fingerprint density at radius 1 is 1.12 bits per heavy atom. The summed E-state index contributed by atoms with van der Waals surface area (Å²) >= 11 is 1.44. The first-order chi connectivity index (χ1) is 12.8. The largest absolute Gasteiger partial charge is 0.349 e. The Morgan fingerprint density at radius 3 is 2.85 bits per heavy atom. The highest BCUT2D eigenvalue weighted by atomic mass is 32.1. The summed E-state index contributed by atoms with van der Waals surface area (Å²) in [4.78, 5) is 28.4. The molecule has 0 bridgehead atoms. The summed E-state index contributed by atoms with van der Waals surface area (Å²) in [5, 5.41) is 8.57. The molecule has 4 rings (SSSR count). The number of carbonyl (C=O) groups is 1. The molecule has 0 unspecified atom stereocenters. The second-order valence-electron chi connectivity index (χ2n) is 5.64. The van der Waals surface area contributed by atoms with Crippen molar-refractivity contribution in [2.75, 3.05) is 5.32 Å². The van der Waals surface area contributed by atoms with Gasteiger partial charge in [-0.15, -0.1) is 11.3 Å². The molecule has 4 aromatic rings. The number of pyridine rings is 1. The zero-order chi connectivity index (χ0) is 17.8. The van der Waals surface area contributed by atoms with Gasteiger partial charge in [-0.2, -0.15) is 0 Å². The average Bonchev–Trinajstić information content (AvgIpc) is 3.27. The van der Waals surface area contributed by atoms with E-state index in [1.807, 2.05) is 47.8 Å². The normalized spacial score (nSPS) is 10.8. The van der Waals surface area contributed by atoms with Crippen molar-refractivity contribution in [2.45, 2.75) is 13.0 Å². The van der Waals surface area contributed by atoms with E-state index in [-0.39, 0.29) is 12.3 Å². The third kappa shape index (κ3) is 3.86. The van der Waals surface area contributed by atoms with Crippen molar-refractivity contribution in [1.82, 2.24) is 25.3 Å². The van der Waals surface area contributed by atoms with Gasteiger partial charge in [0.25, 0.3) is 0 Å². The fraction of sp³-hybridized carbons (Fsp3) is 0.111. The van der Waals surface area contributed by atoms with Gasteiger partial charge in [0.15, 0.2) is 5.13 Å². The number of hydrogen-bond donors (Lipinski definition) is 3. The molecule has 0 spiro atoms. The van der Waals surface area contributed by atoms with Crippen molar-refractivity contribution in [1.29, 1.82) is 0 Å². The molecule has 0 atom stereocenters. The second-order valence-corrected chi connectivity index (χ2v) is 6.50. The zero-order valence-electron chi connectivity index (χ0n) is 13.8. The maximum absolute atomic E-state index is 12.1. The van der Waals surface area contributed by atoms with Gasteiger partial charge in [-0.1, -0.05) is 18.2 Å². The summed E-state index contributed by atoms with van der Waals surface area (Å²) in [5.41, 5.74) is 2.57. The monoisotopic (exact) mass is 364 g/mol. The Hall–Kier alpha value is -3.26. The predicted octanol–water partition coefficient (Wildman–Crippen LogP) is 3.02. The van der Waals surface area contributed by atoms with Crippen LogP contribution in [0.15, 0.2) is 54.0 Å². The van der Waals surface area contributed by atoms with Crippen molar-refractivity contribution >= 4 is 39.2 Å². The topological polar surface area (TPSA) is 95.6 Å². The summed E-state index contributed by atoms with van der Waals surface area (Å²) in [5.74, 6) is 1.36. The standard InChI is InChI=1S/C18H16N6OS/c25-17(20-10-16-22-13-5-1-2-6-14(13)23-16)9-12-11-26-18(21-12)24-15-7-3-4-8-19-15/h1-8,11H,9-10H2,(H,20,25)(H,22,23)(H,19,21,24). The van der Waals surface area contributed by atoms with Crippen molar-refractivity contribution in [3.63, 3.8) is 0 Å². The number of imidazole rings is 1. The molecule has 3 heterocycles. The first-order valence-electron chi connectivity index (χ1n) is 8.09. The molecule has 0 aliphatic heterocycles. The predicted molar refractivity (Wildman–Crippen MR) is 101 cm³/mol. The number of benzene rings is 1. The van der Waals surface area contributed by atoms with Crippen LogP contribution in [0.2, 0.25) is 0 Å². The van der Waals surface area contributed by atoms with Gasteiger partial charge < -0.3 is 15.6 Å². The number of hydrogen-bond acceptors (Lipinski definition) is 6. The van der Waals surface area contributed by atoms with Crippen LogP contribution in [0.3, 0.4) is 0 Å². The fourth-order valence-corrected chi connectivity index (χ4v) is 3.21. The minimum atomic E-state index is -0.0971. The number of carbonyl (C=O) groups excluding carboxylic acids is 1. The number of amides is 1.